The number of benzene rings is 1. The van der Waals surface area contributed by atoms with Crippen LogP contribution in [0.5, 0.6) is 0 Å². The van der Waals surface area contributed by atoms with Crippen LogP contribution in [0, 0.1) is 10.1 Å². The van der Waals surface area contributed by atoms with Crippen molar-refractivity contribution in [3.8, 4) is 0 Å². The molecule has 0 amide bonds. The zero-order valence-electron chi connectivity index (χ0n) is 7.02. The van der Waals surface area contributed by atoms with Gasteiger partial charge in [-0.15, -0.1) is 0 Å². The number of ether oxygens (including phenoxy) is 1. The smallest absolute Gasteiger partial charge is 0.354 e. The number of hydrogen-bond acceptors (Lipinski definition) is 5. The van der Waals surface area contributed by atoms with E-state index in [4.69, 9.17) is 0 Å². The summed E-state index contributed by atoms with van der Waals surface area (Å²) in [7, 11) is 0. The minimum absolute atomic E-state index is 0.0742. The Morgan fingerprint density at radius 3 is 2.53 bits per heavy atom. The van der Waals surface area contributed by atoms with E-state index >= 15 is 0 Å². The Morgan fingerprint density at radius 2 is 1.93 bits per heavy atom. The standard InChI is InChI=1S/C8H2BrNO5/c9-4-2-1-3-5(6(4)10(13)14)8(12)15-7(3)11/h1-2H. The van der Waals surface area contributed by atoms with E-state index in [0.29, 0.717) is 0 Å². The molecule has 1 aliphatic heterocycles. The fourth-order valence-electron chi connectivity index (χ4n) is 1.31. The molecule has 1 aromatic carbocycles. The van der Waals surface area contributed by atoms with Crippen LogP contribution in [0.2, 0.25) is 0 Å². The van der Waals surface area contributed by atoms with Crippen molar-refractivity contribution >= 4 is 33.6 Å². The number of halogens is 1. The van der Waals surface area contributed by atoms with Crippen LogP contribution >= 0.6 is 15.9 Å². The van der Waals surface area contributed by atoms with E-state index in [0.717, 1.165) is 0 Å². The van der Waals surface area contributed by atoms with Gasteiger partial charge in [-0.2, -0.15) is 0 Å². The van der Waals surface area contributed by atoms with E-state index in [2.05, 4.69) is 20.7 Å². The lowest BCUT2D eigenvalue weighted by Crippen LogP contribution is -2.01. The third kappa shape index (κ3) is 1.32. The molecule has 0 bridgehead atoms. The highest BCUT2D eigenvalue weighted by molar-refractivity contribution is 9.10. The second-order valence-corrected chi connectivity index (χ2v) is 3.61. The van der Waals surface area contributed by atoms with E-state index in [1.54, 1.807) is 0 Å². The number of nitro benzene ring substituents is 1. The van der Waals surface area contributed by atoms with Gasteiger partial charge in [0.2, 0.25) is 0 Å². The van der Waals surface area contributed by atoms with Crippen molar-refractivity contribution in [1.82, 2.24) is 0 Å². The molecule has 0 N–H and O–H groups in total. The molecular formula is C8H2BrNO5. The molecule has 6 nitrogen and oxygen atoms in total. The summed E-state index contributed by atoms with van der Waals surface area (Å²) in [6, 6.07) is 2.64. The quantitative estimate of drug-likeness (QED) is 0.336. The molecule has 0 saturated carbocycles. The van der Waals surface area contributed by atoms with Gasteiger partial charge in [-0.3, -0.25) is 10.1 Å². The van der Waals surface area contributed by atoms with Crippen LogP contribution in [0.3, 0.4) is 0 Å². The van der Waals surface area contributed by atoms with E-state index < -0.39 is 22.5 Å². The molecule has 1 aromatic rings. The fraction of sp³-hybridized carbons (Fsp3) is 0. The molecule has 0 aromatic heterocycles. The average molecular weight is 272 g/mol. The summed E-state index contributed by atoms with van der Waals surface area (Å²) >= 11 is 2.94. The first-order chi connectivity index (χ1) is 7.02. The van der Waals surface area contributed by atoms with E-state index in [1.165, 1.54) is 12.1 Å². The van der Waals surface area contributed by atoms with Crippen molar-refractivity contribution in [2.75, 3.05) is 0 Å². The normalized spacial score (nSPS) is 13.7. The summed E-state index contributed by atoms with van der Waals surface area (Å²) in [6.45, 7) is 0. The molecule has 0 unspecified atom stereocenters. The Morgan fingerprint density at radius 1 is 1.27 bits per heavy atom. The topological polar surface area (TPSA) is 86.5 Å². The lowest BCUT2D eigenvalue weighted by atomic mass is 10.1. The van der Waals surface area contributed by atoms with Gasteiger partial charge in [0, 0.05) is 0 Å². The summed E-state index contributed by atoms with van der Waals surface area (Å²) in [4.78, 5) is 32.2. The first kappa shape index (κ1) is 9.78. The Labute approximate surface area is 91.1 Å². The van der Waals surface area contributed by atoms with Crippen LogP contribution in [0.1, 0.15) is 20.7 Å². The molecule has 0 aliphatic carbocycles. The highest BCUT2D eigenvalue weighted by Gasteiger charge is 2.38. The van der Waals surface area contributed by atoms with Crippen LogP contribution < -0.4 is 0 Å². The minimum Gasteiger partial charge on any atom is -0.385 e. The Bertz CT molecular complexity index is 510. The monoisotopic (exact) mass is 271 g/mol. The van der Waals surface area contributed by atoms with Crippen LogP contribution in [-0.4, -0.2) is 16.9 Å². The predicted molar refractivity (Wildman–Crippen MR) is 50.5 cm³/mol. The second kappa shape index (κ2) is 3.13. The molecule has 76 valence electrons. The molecule has 0 fully saturated rings. The number of hydrogen-bond donors (Lipinski definition) is 0. The summed E-state index contributed by atoms with van der Waals surface area (Å²) in [5.74, 6) is -1.84. The molecular weight excluding hydrogens is 270 g/mol. The van der Waals surface area contributed by atoms with E-state index in [1.807, 2.05) is 0 Å². The van der Waals surface area contributed by atoms with Crippen LogP contribution in [0.25, 0.3) is 0 Å². The molecule has 0 saturated heterocycles. The minimum atomic E-state index is -0.983. The van der Waals surface area contributed by atoms with Gasteiger partial charge in [0.15, 0.2) is 5.56 Å². The summed E-state index contributed by atoms with van der Waals surface area (Å²) in [6.07, 6.45) is 0. The number of fused-ring (bicyclic) bond motifs is 1. The average Bonchev–Trinajstić information content (AvgIpc) is 2.41. The van der Waals surface area contributed by atoms with Crippen molar-refractivity contribution in [2.24, 2.45) is 0 Å². The maximum atomic E-state index is 11.2. The summed E-state index contributed by atoms with van der Waals surface area (Å²) in [5.41, 5.74) is -0.808. The van der Waals surface area contributed by atoms with Gasteiger partial charge in [-0.1, -0.05) is 0 Å². The molecule has 0 spiro atoms. The van der Waals surface area contributed by atoms with Crippen molar-refractivity contribution in [3.05, 3.63) is 37.8 Å². The molecule has 0 radical (unpaired) electrons. The maximum absolute atomic E-state index is 11.2. The van der Waals surface area contributed by atoms with Crippen molar-refractivity contribution < 1.29 is 19.2 Å². The fourth-order valence-corrected chi connectivity index (χ4v) is 1.79. The zero-order valence-corrected chi connectivity index (χ0v) is 8.61. The largest absolute Gasteiger partial charge is 0.385 e. The lowest BCUT2D eigenvalue weighted by molar-refractivity contribution is -0.386. The van der Waals surface area contributed by atoms with Gasteiger partial charge >= 0.3 is 11.9 Å². The van der Waals surface area contributed by atoms with Gasteiger partial charge in [0.05, 0.1) is 15.0 Å². The Kier molecular flexibility index (Phi) is 2.04. The molecule has 1 aliphatic rings. The molecule has 2 rings (SSSR count). The predicted octanol–water partition coefficient (Wildman–Crippen LogP) is 1.67. The third-order valence-corrected chi connectivity index (χ3v) is 2.56. The van der Waals surface area contributed by atoms with Crippen LogP contribution in [-0.2, 0) is 4.74 Å². The Balaban J connectivity index is 2.81. The van der Waals surface area contributed by atoms with E-state index in [-0.39, 0.29) is 15.6 Å². The van der Waals surface area contributed by atoms with E-state index in [9.17, 15) is 19.7 Å². The van der Waals surface area contributed by atoms with Gasteiger partial charge in [0.25, 0.3) is 5.69 Å². The number of nitro groups is 1. The van der Waals surface area contributed by atoms with Crippen molar-refractivity contribution in [3.63, 3.8) is 0 Å². The lowest BCUT2D eigenvalue weighted by Gasteiger charge is -1.97. The SMILES string of the molecule is O=C1OC(=O)c2c1ccc(Br)c2[N+](=O)[O-]. The molecule has 1 heterocycles. The molecule has 7 heteroatoms. The maximum Gasteiger partial charge on any atom is 0.354 e. The number of carbonyl (C=O) groups excluding carboxylic acids is 2. The van der Waals surface area contributed by atoms with Gasteiger partial charge in [-0.05, 0) is 28.1 Å². The highest BCUT2D eigenvalue weighted by atomic mass is 79.9. The summed E-state index contributed by atoms with van der Waals surface area (Å²) < 4.78 is 4.41. The van der Waals surface area contributed by atoms with Gasteiger partial charge in [-0.25, -0.2) is 9.59 Å². The van der Waals surface area contributed by atoms with Crippen LogP contribution in [0.15, 0.2) is 16.6 Å². The molecule has 15 heavy (non-hydrogen) atoms. The van der Waals surface area contributed by atoms with Gasteiger partial charge < -0.3 is 4.74 Å². The first-order valence-corrected chi connectivity index (χ1v) is 4.55. The zero-order chi connectivity index (χ0) is 11.2. The second-order valence-electron chi connectivity index (χ2n) is 2.75. The number of carbonyl (C=O) groups is 2. The van der Waals surface area contributed by atoms with Gasteiger partial charge in [0.1, 0.15) is 0 Å². The Hall–Kier alpha value is -1.76. The summed E-state index contributed by atoms with van der Waals surface area (Å²) in [5, 5.41) is 10.7. The highest BCUT2D eigenvalue weighted by Crippen LogP contribution is 2.35. The number of rotatable bonds is 1. The number of cyclic esters (lactones) is 2. The van der Waals surface area contributed by atoms with Crippen molar-refractivity contribution in [2.45, 2.75) is 0 Å². The number of nitrogens with zero attached hydrogens (tertiary/aromatic N) is 1. The first-order valence-electron chi connectivity index (χ1n) is 3.75. The molecule has 0 atom stereocenters. The van der Waals surface area contributed by atoms with Crippen molar-refractivity contribution in [1.29, 1.82) is 0 Å². The third-order valence-electron chi connectivity index (χ3n) is 1.92. The number of esters is 2. The van der Waals surface area contributed by atoms with Crippen LogP contribution in [0.4, 0.5) is 5.69 Å².